The zero-order chi connectivity index (χ0) is 22.8. The highest BCUT2D eigenvalue weighted by molar-refractivity contribution is 5.98. The lowest BCUT2D eigenvalue weighted by molar-refractivity contribution is -0.121. The molecule has 3 rings (SSSR count). The van der Waals surface area contributed by atoms with Gasteiger partial charge < -0.3 is 15.0 Å². The summed E-state index contributed by atoms with van der Waals surface area (Å²) in [6.45, 7) is 13.1. The first-order valence-electron chi connectivity index (χ1n) is 11.1. The van der Waals surface area contributed by atoms with Crippen LogP contribution in [-0.2, 0) is 16.8 Å². The first kappa shape index (κ1) is 22.9. The minimum atomic E-state index is -0.0938. The third-order valence-corrected chi connectivity index (χ3v) is 6.46. The number of amides is 2. The van der Waals surface area contributed by atoms with Crippen LogP contribution in [0.25, 0.3) is 0 Å². The third kappa shape index (κ3) is 5.09. The molecule has 0 saturated carbocycles. The van der Waals surface area contributed by atoms with Gasteiger partial charge in [0.25, 0.3) is 11.8 Å². The van der Waals surface area contributed by atoms with Crippen LogP contribution < -0.4 is 15.0 Å². The van der Waals surface area contributed by atoms with Crippen molar-refractivity contribution in [2.45, 2.75) is 66.0 Å². The summed E-state index contributed by atoms with van der Waals surface area (Å²) < 4.78 is 5.68. The van der Waals surface area contributed by atoms with Gasteiger partial charge in [-0.2, -0.15) is 0 Å². The van der Waals surface area contributed by atoms with Crippen molar-refractivity contribution in [3.05, 3.63) is 59.2 Å². The molecule has 166 valence electrons. The lowest BCUT2D eigenvalue weighted by Gasteiger charge is -2.32. The number of ether oxygens (including phenoxy) is 1. The van der Waals surface area contributed by atoms with Crippen LogP contribution in [0.4, 0.5) is 5.69 Å². The number of fused-ring (bicyclic) bond motifs is 1. The van der Waals surface area contributed by atoms with E-state index in [-0.39, 0.29) is 29.9 Å². The van der Waals surface area contributed by atoms with Crippen molar-refractivity contribution in [3.63, 3.8) is 0 Å². The zero-order valence-corrected chi connectivity index (χ0v) is 19.5. The number of nitrogens with zero attached hydrogens (tertiary/aromatic N) is 1. The smallest absolute Gasteiger partial charge is 0.265 e. The van der Waals surface area contributed by atoms with Gasteiger partial charge in [-0.25, -0.2) is 0 Å². The molecule has 2 aromatic carbocycles. The number of hydrogen-bond donors (Lipinski definition) is 1. The summed E-state index contributed by atoms with van der Waals surface area (Å²) >= 11 is 0. The van der Waals surface area contributed by atoms with E-state index in [1.165, 1.54) is 5.56 Å². The Kier molecular flexibility index (Phi) is 6.73. The fourth-order valence-corrected chi connectivity index (χ4v) is 3.45. The molecule has 0 bridgehead atoms. The lowest BCUT2D eigenvalue weighted by atomic mass is 9.82. The molecule has 31 heavy (non-hydrogen) atoms. The normalized spacial score (nSPS) is 14.8. The van der Waals surface area contributed by atoms with Crippen LogP contribution >= 0.6 is 0 Å². The first-order valence-corrected chi connectivity index (χ1v) is 11.1. The highest BCUT2D eigenvalue weighted by Crippen LogP contribution is 2.38. The molecule has 0 unspecified atom stereocenters. The maximum Gasteiger partial charge on any atom is 0.265 e. The predicted octanol–water partition coefficient (Wildman–Crippen LogP) is 5.07. The minimum absolute atomic E-state index is 0.00626. The molecule has 1 heterocycles. The molecule has 2 amide bonds. The second-order valence-electron chi connectivity index (χ2n) is 9.40. The summed E-state index contributed by atoms with van der Waals surface area (Å²) in [6, 6.07) is 13.7. The van der Waals surface area contributed by atoms with E-state index >= 15 is 0 Å². The van der Waals surface area contributed by atoms with Crippen LogP contribution in [0.1, 0.15) is 69.4 Å². The van der Waals surface area contributed by atoms with E-state index in [0.717, 1.165) is 23.4 Å². The SMILES string of the molecule is CCC(C)(C)c1ccc2c(c1)N(Cc1cccc(C(=O)N[C@H](C)C(C)C)c1)C(=O)CO2. The Balaban J connectivity index is 1.87. The molecular formula is C26H34N2O3. The number of carbonyl (C=O) groups is 2. The molecule has 0 radical (unpaired) electrons. The molecule has 5 nitrogen and oxygen atoms in total. The summed E-state index contributed by atoms with van der Waals surface area (Å²) in [7, 11) is 0. The van der Waals surface area contributed by atoms with Gasteiger partial charge in [-0.1, -0.05) is 52.8 Å². The van der Waals surface area contributed by atoms with Gasteiger partial charge in [-0.05, 0) is 60.1 Å². The highest BCUT2D eigenvalue weighted by atomic mass is 16.5. The van der Waals surface area contributed by atoms with Gasteiger partial charge >= 0.3 is 0 Å². The van der Waals surface area contributed by atoms with E-state index in [1.54, 1.807) is 4.90 Å². The molecule has 1 aliphatic rings. The molecule has 0 fully saturated rings. The highest BCUT2D eigenvalue weighted by Gasteiger charge is 2.28. The topological polar surface area (TPSA) is 58.6 Å². The lowest BCUT2D eigenvalue weighted by Crippen LogP contribution is -2.38. The zero-order valence-electron chi connectivity index (χ0n) is 19.5. The van der Waals surface area contributed by atoms with E-state index in [4.69, 9.17) is 4.74 Å². The Morgan fingerprint density at radius 1 is 1.16 bits per heavy atom. The summed E-state index contributed by atoms with van der Waals surface area (Å²) in [5.41, 5.74) is 3.48. The van der Waals surface area contributed by atoms with Crippen LogP contribution in [0.15, 0.2) is 42.5 Å². The van der Waals surface area contributed by atoms with E-state index in [1.807, 2.05) is 37.3 Å². The molecule has 1 aliphatic heterocycles. The quantitative estimate of drug-likeness (QED) is 0.677. The molecule has 2 aromatic rings. The van der Waals surface area contributed by atoms with Crippen molar-refractivity contribution in [3.8, 4) is 5.75 Å². The van der Waals surface area contributed by atoms with Crippen molar-refractivity contribution in [1.29, 1.82) is 0 Å². The van der Waals surface area contributed by atoms with Crippen molar-refractivity contribution in [2.24, 2.45) is 5.92 Å². The number of benzene rings is 2. The number of anilines is 1. The molecule has 0 aliphatic carbocycles. The average Bonchev–Trinajstić information content (AvgIpc) is 2.75. The van der Waals surface area contributed by atoms with E-state index in [2.05, 4.69) is 52.1 Å². The molecule has 1 atom stereocenters. The molecule has 0 saturated heterocycles. The van der Waals surface area contributed by atoms with E-state index in [0.29, 0.717) is 18.0 Å². The first-order chi connectivity index (χ1) is 14.6. The maximum absolute atomic E-state index is 12.8. The molecule has 1 N–H and O–H groups in total. The van der Waals surface area contributed by atoms with E-state index in [9.17, 15) is 9.59 Å². The summed E-state index contributed by atoms with van der Waals surface area (Å²) in [4.78, 5) is 27.2. The largest absolute Gasteiger partial charge is 0.482 e. The third-order valence-electron chi connectivity index (χ3n) is 6.46. The van der Waals surface area contributed by atoms with Crippen LogP contribution in [0.5, 0.6) is 5.75 Å². The summed E-state index contributed by atoms with van der Waals surface area (Å²) in [5.74, 6) is 0.900. The molecular weight excluding hydrogens is 388 g/mol. The van der Waals surface area contributed by atoms with Crippen LogP contribution in [0, 0.1) is 5.92 Å². The second kappa shape index (κ2) is 9.13. The number of rotatable bonds is 7. The number of carbonyl (C=O) groups excluding carboxylic acids is 2. The monoisotopic (exact) mass is 422 g/mol. The molecule has 0 spiro atoms. The van der Waals surface area contributed by atoms with Gasteiger partial charge in [0.1, 0.15) is 5.75 Å². The van der Waals surface area contributed by atoms with Crippen molar-refractivity contribution in [1.82, 2.24) is 5.32 Å². The Morgan fingerprint density at radius 3 is 2.58 bits per heavy atom. The Labute approximate surface area is 185 Å². The summed E-state index contributed by atoms with van der Waals surface area (Å²) in [6.07, 6.45) is 0.993. The van der Waals surface area contributed by atoms with Crippen LogP contribution in [0.3, 0.4) is 0 Å². The van der Waals surface area contributed by atoms with Gasteiger partial charge in [-0.3, -0.25) is 9.59 Å². The average molecular weight is 423 g/mol. The predicted molar refractivity (Wildman–Crippen MR) is 125 cm³/mol. The Hall–Kier alpha value is -2.82. The second-order valence-corrected chi connectivity index (χ2v) is 9.40. The maximum atomic E-state index is 12.8. The Bertz CT molecular complexity index is 965. The Morgan fingerprint density at radius 2 is 1.90 bits per heavy atom. The van der Waals surface area contributed by atoms with E-state index < -0.39 is 0 Å². The fourth-order valence-electron chi connectivity index (χ4n) is 3.45. The standard InChI is InChI=1S/C26H34N2O3/c1-7-26(5,6)21-11-12-23-22(14-21)28(24(29)16-31-23)15-19-9-8-10-20(13-19)25(30)27-18(4)17(2)3/h8-14,17-18H,7,15-16H2,1-6H3,(H,27,30)/t18-/m1/s1. The fraction of sp³-hybridized carbons (Fsp3) is 0.462. The van der Waals surface area contributed by atoms with Crippen LogP contribution in [-0.4, -0.2) is 24.5 Å². The number of hydrogen-bond acceptors (Lipinski definition) is 3. The van der Waals surface area contributed by atoms with Crippen molar-refractivity contribution in [2.75, 3.05) is 11.5 Å². The molecule has 5 heteroatoms. The van der Waals surface area contributed by atoms with Gasteiger partial charge in [0.2, 0.25) is 0 Å². The van der Waals surface area contributed by atoms with Crippen molar-refractivity contribution < 1.29 is 14.3 Å². The van der Waals surface area contributed by atoms with Gasteiger partial charge in [0, 0.05) is 11.6 Å². The van der Waals surface area contributed by atoms with Gasteiger partial charge in [0.15, 0.2) is 6.61 Å². The van der Waals surface area contributed by atoms with Crippen molar-refractivity contribution >= 4 is 17.5 Å². The minimum Gasteiger partial charge on any atom is -0.482 e. The summed E-state index contributed by atoms with van der Waals surface area (Å²) in [5, 5.41) is 3.04. The van der Waals surface area contributed by atoms with Crippen LogP contribution in [0.2, 0.25) is 0 Å². The van der Waals surface area contributed by atoms with Gasteiger partial charge in [0.05, 0.1) is 12.2 Å². The number of nitrogens with one attached hydrogen (secondary N) is 1. The molecule has 0 aromatic heterocycles. The van der Waals surface area contributed by atoms with Gasteiger partial charge in [-0.15, -0.1) is 0 Å².